The topological polar surface area (TPSA) is 29.3 Å². The van der Waals surface area contributed by atoms with Crippen molar-refractivity contribution >= 4 is 17.3 Å². The van der Waals surface area contributed by atoms with Gasteiger partial charge in [-0.15, -0.1) is 0 Å². The number of nitrogens with two attached hydrogens (primary N) is 1. The number of hydrogen-bond donors (Lipinski definition) is 1. The molecule has 1 rings (SSSR count). The van der Waals surface area contributed by atoms with Crippen molar-refractivity contribution in [1.29, 1.82) is 0 Å². The van der Waals surface area contributed by atoms with Crippen LogP contribution in [0.15, 0.2) is 0 Å². The summed E-state index contributed by atoms with van der Waals surface area (Å²) in [5.74, 6) is 1.66. The van der Waals surface area contributed by atoms with Crippen LogP contribution in [-0.4, -0.2) is 23.1 Å². The van der Waals surface area contributed by atoms with Gasteiger partial charge >= 0.3 is 0 Å². The summed E-state index contributed by atoms with van der Waals surface area (Å²) < 4.78 is 0. The van der Waals surface area contributed by atoms with E-state index in [9.17, 15) is 0 Å². The van der Waals surface area contributed by atoms with Crippen LogP contribution in [0.1, 0.15) is 33.1 Å². The normalized spacial score (nSPS) is 24.5. The fourth-order valence-electron chi connectivity index (χ4n) is 2.01. The van der Waals surface area contributed by atoms with E-state index in [1.54, 1.807) is 0 Å². The molecule has 76 valence electrons. The maximum Gasteiger partial charge on any atom is 0.166 e. The predicted octanol–water partition coefficient (Wildman–Crippen LogP) is 1.99. The summed E-state index contributed by atoms with van der Waals surface area (Å²) >= 11 is 4.98. The first kappa shape index (κ1) is 10.8. The molecule has 0 aromatic heterocycles. The molecule has 0 aromatic carbocycles. The standard InChI is InChI=1S/C10H20N2S/c1-8(2)9-4-3-6-12(7-5-9)10(11)13/h8-9H,3-7H2,1-2H3,(H2,11,13). The zero-order valence-electron chi connectivity index (χ0n) is 8.62. The molecule has 0 radical (unpaired) electrons. The summed E-state index contributed by atoms with van der Waals surface area (Å²) in [6.45, 7) is 6.72. The van der Waals surface area contributed by atoms with Gasteiger partial charge in [0.25, 0.3) is 0 Å². The fourth-order valence-corrected chi connectivity index (χ4v) is 2.19. The summed E-state index contributed by atoms with van der Waals surface area (Å²) in [7, 11) is 0. The molecule has 1 saturated heterocycles. The minimum atomic E-state index is 0.574. The van der Waals surface area contributed by atoms with Crippen molar-refractivity contribution in [3.8, 4) is 0 Å². The molecular formula is C10H20N2S. The van der Waals surface area contributed by atoms with E-state index in [-0.39, 0.29) is 0 Å². The molecule has 1 aliphatic heterocycles. The molecule has 1 aliphatic rings. The first-order chi connectivity index (χ1) is 6.11. The quantitative estimate of drug-likeness (QED) is 0.656. The lowest BCUT2D eigenvalue weighted by atomic mass is 9.89. The van der Waals surface area contributed by atoms with Crippen molar-refractivity contribution in [1.82, 2.24) is 4.90 Å². The molecular weight excluding hydrogens is 180 g/mol. The highest BCUT2D eigenvalue weighted by atomic mass is 32.1. The second-order valence-electron chi connectivity index (χ2n) is 4.26. The van der Waals surface area contributed by atoms with Crippen molar-refractivity contribution in [2.45, 2.75) is 33.1 Å². The minimum absolute atomic E-state index is 0.574. The molecule has 3 heteroatoms. The highest BCUT2D eigenvalue weighted by molar-refractivity contribution is 7.80. The molecule has 0 saturated carbocycles. The average molecular weight is 200 g/mol. The van der Waals surface area contributed by atoms with Gasteiger partial charge in [0.15, 0.2) is 5.11 Å². The van der Waals surface area contributed by atoms with Gasteiger partial charge in [-0.2, -0.15) is 0 Å². The van der Waals surface area contributed by atoms with Gasteiger partial charge in [-0.3, -0.25) is 0 Å². The van der Waals surface area contributed by atoms with Gasteiger partial charge in [0, 0.05) is 13.1 Å². The number of nitrogens with zero attached hydrogens (tertiary/aromatic N) is 1. The molecule has 0 aromatic rings. The molecule has 1 unspecified atom stereocenters. The summed E-state index contributed by atoms with van der Waals surface area (Å²) in [6.07, 6.45) is 3.81. The van der Waals surface area contributed by atoms with Gasteiger partial charge in [0.1, 0.15) is 0 Å². The van der Waals surface area contributed by atoms with Gasteiger partial charge in [-0.25, -0.2) is 0 Å². The van der Waals surface area contributed by atoms with Gasteiger partial charge in [0.05, 0.1) is 0 Å². The van der Waals surface area contributed by atoms with Crippen LogP contribution in [0.4, 0.5) is 0 Å². The third-order valence-corrected chi connectivity index (χ3v) is 3.29. The van der Waals surface area contributed by atoms with Crippen LogP contribution in [0.5, 0.6) is 0 Å². The second-order valence-corrected chi connectivity index (χ2v) is 4.68. The molecule has 2 nitrogen and oxygen atoms in total. The molecule has 0 aliphatic carbocycles. The largest absolute Gasteiger partial charge is 0.376 e. The van der Waals surface area contributed by atoms with E-state index in [2.05, 4.69) is 18.7 Å². The van der Waals surface area contributed by atoms with Crippen LogP contribution in [0.25, 0.3) is 0 Å². The Morgan fingerprint density at radius 3 is 2.62 bits per heavy atom. The third kappa shape index (κ3) is 3.14. The first-order valence-electron chi connectivity index (χ1n) is 5.15. The smallest absolute Gasteiger partial charge is 0.166 e. The van der Waals surface area contributed by atoms with Crippen molar-refractivity contribution in [2.75, 3.05) is 13.1 Å². The van der Waals surface area contributed by atoms with E-state index in [0.29, 0.717) is 5.11 Å². The lowest BCUT2D eigenvalue weighted by Crippen LogP contribution is -2.36. The van der Waals surface area contributed by atoms with Crippen molar-refractivity contribution in [3.63, 3.8) is 0 Å². The summed E-state index contributed by atoms with van der Waals surface area (Å²) in [5.41, 5.74) is 5.62. The maximum atomic E-state index is 5.62. The predicted molar refractivity (Wildman–Crippen MR) is 60.5 cm³/mol. The van der Waals surface area contributed by atoms with Crippen molar-refractivity contribution in [2.24, 2.45) is 17.6 Å². The molecule has 13 heavy (non-hydrogen) atoms. The lowest BCUT2D eigenvalue weighted by molar-refractivity contribution is 0.340. The zero-order chi connectivity index (χ0) is 9.84. The Labute approximate surface area is 86.5 Å². The molecule has 1 heterocycles. The van der Waals surface area contributed by atoms with E-state index in [1.165, 1.54) is 19.3 Å². The molecule has 0 amide bonds. The van der Waals surface area contributed by atoms with Crippen LogP contribution in [0, 0.1) is 11.8 Å². The number of likely N-dealkylation sites (tertiary alicyclic amines) is 1. The van der Waals surface area contributed by atoms with E-state index in [4.69, 9.17) is 18.0 Å². The highest BCUT2D eigenvalue weighted by Gasteiger charge is 2.19. The molecule has 2 N–H and O–H groups in total. The number of hydrogen-bond acceptors (Lipinski definition) is 1. The van der Waals surface area contributed by atoms with E-state index in [1.807, 2.05) is 0 Å². The van der Waals surface area contributed by atoms with Crippen molar-refractivity contribution in [3.05, 3.63) is 0 Å². The average Bonchev–Trinajstić information content (AvgIpc) is 2.27. The molecule has 0 bridgehead atoms. The highest BCUT2D eigenvalue weighted by Crippen LogP contribution is 2.24. The Bertz CT molecular complexity index is 180. The SMILES string of the molecule is CC(C)C1CCCN(C(N)=S)CC1. The third-order valence-electron chi connectivity index (χ3n) is 3.03. The molecule has 1 atom stereocenters. The first-order valence-corrected chi connectivity index (χ1v) is 5.56. The minimum Gasteiger partial charge on any atom is -0.376 e. The number of thiocarbonyl (C=S) groups is 1. The van der Waals surface area contributed by atoms with Crippen molar-refractivity contribution < 1.29 is 0 Å². The van der Waals surface area contributed by atoms with Gasteiger partial charge in [-0.1, -0.05) is 13.8 Å². The maximum absolute atomic E-state index is 5.62. The Morgan fingerprint density at radius 2 is 2.08 bits per heavy atom. The van der Waals surface area contributed by atoms with Crippen LogP contribution in [0.2, 0.25) is 0 Å². The van der Waals surface area contributed by atoms with Gasteiger partial charge < -0.3 is 10.6 Å². The van der Waals surface area contributed by atoms with Crippen LogP contribution in [-0.2, 0) is 0 Å². The Kier molecular flexibility index (Phi) is 3.97. The van der Waals surface area contributed by atoms with Gasteiger partial charge in [0.2, 0.25) is 0 Å². The zero-order valence-corrected chi connectivity index (χ0v) is 9.44. The van der Waals surface area contributed by atoms with E-state index in [0.717, 1.165) is 24.9 Å². The fraction of sp³-hybridized carbons (Fsp3) is 0.900. The van der Waals surface area contributed by atoms with Crippen LogP contribution >= 0.6 is 12.2 Å². The summed E-state index contributed by atoms with van der Waals surface area (Å²) in [6, 6.07) is 0. The van der Waals surface area contributed by atoms with Crippen LogP contribution < -0.4 is 5.73 Å². The van der Waals surface area contributed by atoms with Crippen LogP contribution in [0.3, 0.4) is 0 Å². The van der Waals surface area contributed by atoms with Gasteiger partial charge in [-0.05, 0) is 43.3 Å². The summed E-state index contributed by atoms with van der Waals surface area (Å²) in [5, 5.41) is 0.574. The lowest BCUT2D eigenvalue weighted by Gasteiger charge is -2.21. The monoisotopic (exact) mass is 200 g/mol. The Morgan fingerprint density at radius 1 is 1.38 bits per heavy atom. The Balaban J connectivity index is 2.44. The second kappa shape index (κ2) is 4.80. The molecule has 0 spiro atoms. The molecule has 1 fully saturated rings. The summed E-state index contributed by atoms with van der Waals surface area (Å²) in [4.78, 5) is 2.14. The van der Waals surface area contributed by atoms with E-state index >= 15 is 0 Å². The Hall–Kier alpha value is -0.310. The van der Waals surface area contributed by atoms with E-state index < -0.39 is 0 Å². The number of rotatable bonds is 1.